The molecule has 5 heteroatoms. The van der Waals surface area contributed by atoms with Crippen LogP contribution in [0.2, 0.25) is 0 Å². The Bertz CT molecular complexity index is 636. The molecule has 1 aliphatic rings. The fourth-order valence-corrected chi connectivity index (χ4v) is 2.71. The molecule has 0 aliphatic heterocycles. The molecule has 1 aromatic carbocycles. The Balaban J connectivity index is 1.81. The van der Waals surface area contributed by atoms with Gasteiger partial charge in [0.1, 0.15) is 11.3 Å². The quantitative estimate of drug-likeness (QED) is 0.620. The van der Waals surface area contributed by atoms with Crippen LogP contribution in [0.4, 0.5) is 0 Å². The number of esters is 1. The van der Waals surface area contributed by atoms with E-state index < -0.39 is 12.1 Å². The lowest BCUT2D eigenvalue weighted by molar-refractivity contribution is -0.129. The van der Waals surface area contributed by atoms with Gasteiger partial charge in [-0.05, 0) is 58.1 Å². The third kappa shape index (κ3) is 5.11. The number of aryl methyl sites for hydroxylation is 1. The van der Waals surface area contributed by atoms with E-state index in [0.717, 1.165) is 24.8 Å². The van der Waals surface area contributed by atoms with Crippen molar-refractivity contribution in [2.75, 3.05) is 6.54 Å². The first-order valence-electron chi connectivity index (χ1n) is 8.43. The smallest absolute Gasteiger partial charge is 0.342 e. The molecule has 24 heavy (non-hydrogen) atoms. The number of allylic oxidation sites excluding steroid dienone is 1. The summed E-state index contributed by atoms with van der Waals surface area (Å²) in [6, 6.07) is 4.68. The van der Waals surface area contributed by atoms with Gasteiger partial charge in [0.15, 0.2) is 6.10 Å². The molecule has 0 aromatic heterocycles. The second-order valence-electron chi connectivity index (χ2n) is 6.22. The third-order valence-corrected chi connectivity index (χ3v) is 4.16. The predicted octanol–water partition coefficient (Wildman–Crippen LogP) is 3.25. The van der Waals surface area contributed by atoms with Crippen LogP contribution in [-0.4, -0.2) is 29.6 Å². The number of benzene rings is 1. The van der Waals surface area contributed by atoms with Crippen LogP contribution in [0.5, 0.6) is 5.75 Å². The Morgan fingerprint density at radius 3 is 2.83 bits per heavy atom. The maximum Gasteiger partial charge on any atom is 0.342 e. The number of nitrogens with one attached hydrogen (secondary N) is 1. The SMILES string of the molecule is Cc1ccc(O)c(C(=O)O[C@@H](C)C(=O)NCCC2=CCCCC2)c1. The number of carbonyl (C=O) groups is 2. The highest BCUT2D eigenvalue weighted by Gasteiger charge is 2.20. The predicted molar refractivity (Wildman–Crippen MR) is 91.9 cm³/mol. The standard InChI is InChI=1S/C19H25NO4/c1-13-8-9-17(21)16(12-13)19(23)24-14(2)18(22)20-11-10-15-6-4-3-5-7-15/h6,8-9,12,14,21H,3-5,7,10-11H2,1-2H3,(H,20,22)/t14-/m0/s1. The summed E-state index contributed by atoms with van der Waals surface area (Å²) < 4.78 is 5.15. The summed E-state index contributed by atoms with van der Waals surface area (Å²) in [4.78, 5) is 24.1. The monoisotopic (exact) mass is 331 g/mol. The molecule has 1 atom stereocenters. The average molecular weight is 331 g/mol. The van der Waals surface area contributed by atoms with Gasteiger partial charge in [-0.1, -0.05) is 23.3 Å². The van der Waals surface area contributed by atoms with E-state index in [1.807, 2.05) is 6.92 Å². The molecule has 2 N–H and O–H groups in total. The lowest BCUT2D eigenvalue weighted by Gasteiger charge is -2.16. The number of hydrogen-bond acceptors (Lipinski definition) is 4. The fraction of sp³-hybridized carbons (Fsp3) is 0.474. The largest absolute Gasteiger partial charge is 0.507 e. The number of amides is 1. The summed E-state index contributed by atoms with van der Waals surface area (Å²) in [6.45, 7) is 3.88. The van der Waals surface area contributed by atoms with Crippen molar-refractivity contribution in [3.05, 3.63) is 41.0 Å². The van der Waals surface area contributed by atoms with Crippen LogP contribution in [0.1, 0.15) is 54.9 Å². The molecule has 0 radical (unpaired) electrons. The topological polar surface area (TPSA) is 75.6 Å². The number of hydrogen-bond donors (Lipinski definition) is 2. The summed E-state index contributed by atoms with van der Waals surface area (Å²) in [5.74, 6) is -1.18. The van der Waals surface area contributed by atoms with Gasteiger partial charge >= 0.3 is 5.97 Å². The number of phenols is 1. The van der Waals surface area contributed by atoms with Crippen molar-refractivity contribution in [3.63, 3.8) is 0 Å². The Morgan fingerprint density at radius 1 is 1.33 bits per heavy atom. The van der Waals surface area contributed by atoms with E-state index in [0.29, 0.717) is 6.54 Å². The fourth-order valence-electron chi connectivity index (χ4n) is 2.71. The van der Waals surface area contributed by atoms with Crippen LogP contribution in [-0.2, 0) is 9.53 Å². The Labute approximate surface area is 142 Å². The zero-order chi connectivity index (χ0) is 17.5. The molecule has 0 heterocycles. The third-order valence-electron chi connectivity index (χ3n) is 4.16. The molecule has 130 valence electrons. The Kier molecular flexibility index (Phi) is 6.41. The minimum atomic E-state index is -0.905. The molecular weight excluding hydrogens is 306 g/mol. The minimum absolute atomic E-state index is 0.0713. The van der Waals surface area contributed by atoms with Crippen LogP contribution >= 0.6 is 0 Å². The highest BCUT2D eigenvalue weighted by Crippen LogP contribution is 2.20. The normalized spacial score (nSPS) is 15.3. The summed E-state index contributed by atoms with van der Waals surface area (Å²) >= 11 is 0. The summed E-state index contributed by atoms with van der Waals surface area (Å²) in [5, 5.41) is 12.5. The van der Waals surface area contributed by atoms with Crippen molar-refractivity contribution in [2.45, 2.75) is 52.1 Å². The molecule has 2 rings (SSSR count). The van der Waals surface area contributed by atoms with E-state index in [9.17, 15) is 14.7 Å². The van der Waals surface area contributed by atoms with Crippen molar-refractivity contribution in [2.24, 2.45) is 0 Å². The number of aromatic hydroxyl groups is 1. The van der Waals surface area contributed by atoms with Crippen LogP contribution < -0.4 is 5.32 Å². The first-order valence-corrected chi connectivity index (χ1v) is 8.43. The molecule has 1 amide bonds. The van der Waals surface area contributed by atoms with Gasteiger partial charge in [-0.2, -0.15) is 0 Å². The van der Waals surface area contributed by atoms with Gasteiger partial charge in [0, 0.05) is 6.54 Å². The van der Waals surface area contributed by atoms with Gasteiger partial charge < -0.3 is 15.2 Å². The highest BCUT2D eigenvalue weighted by molar-refractivity contribution is 5.94. The van der Waals surface area contributed by atoms with E-state index in [1.165, 1.54) is 37.5 Å². The van der Waals surface area contributed by atoms with Crippen LogP contribution in [0, 0.1) is 6.92 Å². The van der Waals surface area contributed by atoms with E-state index in [-0.39, 0.29) is 17.2 Å². The second-order valence-corrected chi connectivity index (χ2v) is 6.22. The van der Waals surface area contributed by atoms with Gasteiger partial charge in [-0.25, -0.2) is 4.79 Å². The Hall–Kier alpha value is -2.30. The first-order chi connectivity index (χ1) is 11.5. The number of carbonyl (C=O) groups excluding carboxylic acids is 2. The first kappa shape index (κ1) is 18.0. The summed E-state index contributed by atoms with van der Waals surface area (Å²) in [5.41, 5.74) is 2.29. The molecule has 1 aliphatic carbocycles. The highest BCUT2D eigenvalue weighted by atomic mass is 16.5. The molecular formula is C19H25NO4. The molecule has 5 nitrogen and oxygen atoms in total. The van der Waals surface area contributed by atoms with Crippen LogP contribution in [0.25, 0.3) is 0 Å². The van der Waals surface area contributed by atoms with Crippen molar-refractivity contribution < 1.29 is 19.4 Å². The van der Waals surface area contributed by atoms with Gasteiger partial charge in [0.2, 0.25) is 0 Å². The minimum Gasteiger partial charge on any atom is -0.507 e. The maximum atomic E-state index is 12.1. The van der Waals surface area contributed by atoms with E-state index in [4.69, 9.17) is 4.74 Å². The van der Waals surface area contributed by atoms with Crippen molar-refractivity contribution in [1.29, 1.82) is 0 Å². The van der Waals surface area contributed by atoms with Gasteiger partial charge in [0.25, 0.3) is 5.91 Å². The molecule has 0 fully saturated rings. The number of rotatable bonds is 6. The van der Waals surface area contributed by atoms with E-state index in [2.05, 4.69) is 11.4 Å². The molecule has 1 aromatic rings. The zero-order valence-electron chi connectivity index (χ0n) is 14.3. The molecule has 0 unspecified atom stereocenters. The van der Waals surface area contributed by atoms with Crippen molar-refractivity contribution in [1.82, 2.24) is 5.32 Å². The molecule has 0 bridgehead atoms. The van der Waals surface area contributed by atoms with Gasteiger partial charge in [-0.15, -0.1) is 0 Å². The Morgan fingerprint density at radius 2 is 2.12 bits per heavy atom. The summed E-state index contributed by atoms with van der Waals surface area (Å²) in [7, 11) is 0. The second kappa shape index (κ2) is 8.52. The molecule has 0 spiro atoms. The van der Waals surface area contributed by atoms with Gasteiger partial charge in [-0.3, -0.25) is 4.79 Å². The van der Waals surface area contributed by atoms with Crippen LogP contribution in [0.15, 0.2) is 29.8 Å². The van der Waals surface area contributed by atoms with Crippen molar-refractivity contribution in [3.8, 4) is 5.75 Å². The van der Waals surface area contributed by atoms with Crippen LogP contribution in [0.3, 0.4) is 0 Å². The lowest BCUT2D eigenvalue weighted by atomic mass is 9.97. The molecule has 0 saturated heterocycles. The number of phenolic OH excluding ortho intramolecular Hbond substituents is 1. The maximum absolute atomic E-state index is 12.1. The van der Waals surface area contributed by atoms with E-state index in [1.54, 1.807) is 6.07 Å². The van der Waals surface area contributed by atoms with E-state index >= 15 is 0 Å². The van der Waals surface area contributed by atoms with Gasteiger partial charge in [0.05, 0.1) is 0 Å². The summed E-state index contributed by atoms with van der Waals surface area (Å²) in [6.07, 6.45) is 6.87. The lowest BCUT2D eigenvalue weighted by Crippen LogP contribution is -2.36. The number of ether oxygens (including phenoxy) is 1. The zero-order valence-corrected chi connectivity index (χ0v) is 14.3. The van der Waals surface area contributed by atoms with Crippen molar-refractivity contribution >= 4 is 11.9 Å². The molecule has 0 saturated carbocycles. The average Bonchev–Trinajstić information content (AvgIpc) is 2.57.